The van der Waals surface area contributed by atoms with Crippen molar-refractivity contribution >= 4 is 17.0 Å². The maximum atomic E-state index is 9.46. The summed E-state index contributed by atoms with van der Waals surface area (Å²) in [5, 5.41) is 14.9. The smallest absolute Gasteiger partial charge is 0.101 e. The van der Waals surface area contributed by atoms with E-state index in [-0.39, 0.29) is 0 Å². The molecule has 1 N–H and O–H groups in total. The Kier molecular flexibility index (Phi) is 4.23. The zero-order valence-corrected chi connectivity index (χ0v) is 13.0. The quantitative estimate of drug-likeness (QED) is 0.941. The molecule has 108 valence electrons. The second kappa shape index (κ2) is 6.30. The van der Waals surface area contributed by atoms with Gasteiger partial charge in [-0.1, -0.05) is 13.0 Å². The minimum absolute atomic E-state index is 0.782. The highest BCUT2D eigenvalue weighted by atomic mass is 32.1. The van der Waals surface area contributed by atoms with Gasteiger partial charge in [-0.05, 0) is 47.7 Å². The number of nitrogens with one attached hydrogen (secondary N) is 1. The van der Waals surface area contributed by atoms with E-state index in [1.807, 2.05) is 17.4 Å². The zero-order chi connectivity index (χ0) is 14.7. The molecule has 1 aromatic heterocycles. The van der Waals surface area contributed by atoms with Crippen molar-refractivity contribution in [3.63, 3.8) is 0 Å². The summed E-state index contributed by atoms with van der Waals surface area (Å²) in [6.07, 6.45) is 1.08. The average Bonchev–Trinajstić information content (AvgIpc) is 3.00. The van der Waals surface area contributed by atoms with Crippen LogP contribution in [0.4, 0.5) is 5.69 Å². The van der Waals surface area contributed by atoms with Gasteiger partial charge in [-0.2, -0.15) is 5.26 Å². The predicted octanol–water partition coefficient (Wildman–Crippen LogP) is 3.29. The Morgan fingerprint density at radius 2 is 2.29 bits per heavy atom. The van der Waals surface area contributed by atoms with Crippen LogP contribution in [0.15, 0.2) is 29.6 Å². The average molecular weight is 297 g/mol. The summed E-state index contributed by atoms with van der Waals surface area (Å²) >= 11 is 1.84. The van der Waals surface area contributed by atoms with Gasteiger partial charge in [0, 0.05) is 24.5 Å². The Morgan fingerprint density at radius 1 is 1.38 bits per heavy atom. The topological polar surface area (TPSA) is 39.1 Å². The Bertz CT molecular complexity index is 669. The summed E-state index contributed by atoms with van der Waals surface area (Å²) in [6.45, 7) is 5.76. The third kappa shape index (κ3) is 2.94. The van der Waals surface area contributed by atoms with Gasteiger partial charge >= 0.3 is 0 Å². The van der Waals surface area contributed by atoms with Crippen LogP contribution in [-0.2, 0) is 19.5 Å². The van der Waals surface area contributed by atoms with Crippen LogP contribution in [0, 0.1) is 11.3 Å². The summed E-state index contributed by atoms with van der Waals surface area (Å²) in [4.78, 5) is 3.82. The molecule has 4 heteroatoms. The molecule has 0 amide bonds. The van der Waals surface area contributed by atoms with Gasteiger partial charge in [-0.25, -0.2) is 0 Å². The number of fused-ring (bicyclic) bond motifs is 1. The van der Waals surface area contributed by atoms with Gasteiger partial charge in [0.25, 0.3) is 0 Å². The molecule has 3 rings (SSSR count). The van der Waals surface area contributed by atoms with Crippen LogP contribution in [0.5, 0.6) is 0 Å². The number of nitrogens with zero attached hydrogens (tertiary/aromatic N) is 2. The lowest BCUT2D eigenvalue weighted by Crippen LogP contribution is -2.30. The van der Waals surface area contributed by atoms with Crippen molar-refractivity contribution in [2.45, 2.75) is 26.4 Å². The normalized spacial score (nSPS) is 13.8. The highest BCUT2D eigenvalue weighted by Crippen LogP contribution is 2.30. The van der Waals surface area contributed by atoms with E-state index in [1.165, 1.54) is 16.0 Å². The van der Waals surface area contributed by atoms with Crippen LogP contribution in [-0.4, -0.2) is 13.1 Å². The molecule has 0 saturated carbocycles. The molecule has 2 heterocycles. The molecule has 0 atom stereocenters. The summed E-state index contributed by atoms with van der Waals surface area (Å²) in [6, 6.07) is 10.8. The van der Waals surface area contributed by atoms with E-state index in [0.29, 0.717) is 0 Å². The van der Waals surface area contributed by atoms with E-state index >= 15 is 0 Å². The molecule has 0 aliphatic carbocycles. The van der Waals surface area contributed by atoms with E-state index < -0.39 is 0 Å². The Balaban J connectivity index is 1.84. The van der Waals surface area contributed by atoms with Gasteiger partial charge in [0.15, 0.2) is 0 Å². The van der Waals surface area contributed by atoms with Crippen LogP contribution in [0.1, 0.15) is 28.5 Å². The summed E-state index contributed by atoms with van der Waals surface area (Å²) in [5.41, 5.74) is 4.43. The highest BCUT2D eigenvalue weighted by Gasteiger charge is 2.19. The van der Waals surface area contributed by atoms with Crippen molar-refractivity contribution in [1.82, 2.24) is 5.32 Å². The molecule has 1 aliphatic heterocycles. The van der Waals surface area contributed by atoms with Crippen LogP contribution in [0.2, 0.25) is 0 Å². The van der Waals surface area contributed by atoms with E-state index in [4.69, 9.17) is 0 Å². The predicted molar refractivity (Wildman–Crippen MR) is 87.6 cm³/mol. The summed E-state index contributed by atoms with van der Waals surface area (Å²) in [7, 11) is 0. The number of hydrogen-bond donors (Lipinski definition) is 1. The van der Waals surface area contributed by atoms with Gasteiger partial charge in [-0.3, -0.25) is 0 Å². The lowest BCUT2D eigenvalue weighted by molar-refractivity contribution is 0.723. The van der Waals surface area contributed by atoms with Crippen molar-refractivity contribution in [3.05, 3.63) is 51.2 Å². The fourth-order valence-corrected chi connectivity index (χ4v) is 3.67. The first-order valence-corrected chi connectivity index (χ1v) is 8.23. The maximum absolute atomic E-state index is 9.46. The fraction of sp³-hybridized carbons (Fsp3) is 0.353. The molecular formula is C17H19N3S. The second-order valence-electron chi connectivity index (χ2n) is 5.28. The van der Waals surface area contributed by atoms with Gasteiger partial charge in [0.05, 0.1) is 11.3 Å². The van der Waals surface area contributed by atoms with Crippen molar-refractivity contribution in [3.8, 4) is 6.07 Å². The van der Waals surface area contributed by atoms with Gasteiger partial charge in [0.1, 0.15) is 6.07 Å². The Labute approximate surface area is 129 Å². The molecule has 0 saturated heterocycles. The Hall–Kier alpha value is -1.83. The number of nitriles is 1. The standard InChI is InChI=1S/C17H19N3S/c1-2-19-11-13-3-4-16(15(9-13)10-18)20-7-5-17-14(12-20)6-8-21-17/h3-4,6,8-9,19H,2,5,7,11-12H2,1H3. The second-order valence-corrected chi connectivity index (χ2v) is 6.28. The highest BCUT2D eigenvalue weighted by molar-refractivity contribution is 7.10. The van der Waals surface area contributed by atoms with E-state index in [0.717, 1.165) is 43.9 Å². The molecule has 0 spiro atoms. The van der Waals surface area contributed by atoms with E-state index in [2.05, 4.69) is 46.8 Å². The fourth-order valence-electron chi connectivity index (χ4n) is 2.78. The number of thiophene rings is 1. The minimum atomic E-state index is 0.782. The summed E-state index contributed by atoms with van der Waals surface area (Å²) < 4.78 is 0. The molecular weight excluding hydrogens is 278 g/mol. The van der Waals surface area contributed by atoms with Gasteiger partial charge < -0.3 is 10.2 Å². The van der Waals surface area contributed by atoms with E-state index in [9.17, 15) is 5.26 Å². The van der Waals surface area contributed by atoms with Crippen molar-refractivity contribution in [2.24, 2.45) is 0 Å². The number of anilines is 1. The maximum Gasteiger partial charge on any atom is 0.101 e. The summed E-state index contributed by atoms with van der Waals surface area (Å²) in [5.74, 6) is 0. The molecule has 0 bridgehead atoms. The lowest BCUT2D eigenvalue weighted by atomic mass is 10.0. The van der Waals surface area contributed by atoms with Crippen LogP contribution >= 0.6 is 11.3 Å². The third-order valence-corrected chi connectivity index (χ3v) is 4.93. The first-order chi connectivity index (χ1) is 10.3. The number of hydrogen-bond acceptors (Lipinski definition) is 4. The first kappa shape index (κ1) is 14.1. The SMILES string of the molecule is CCNCc1ccc(N2CCc3sccc3C2)c(C#N)c1. The molecule has 2 aromatic rings. The van der Waals surface area contributed by atoms with Crippen LogP contribution in [0.25, 0.3) is 0 Å². The molecule has 0 unspecified atom stereocenters. The monoisotopic (exact) mass is 297 g/mol. The van der Waals surface area contributed by atoms with E-state index in [1.54, 1.807) is 0 Å². The lowest BCUT2D eigenvalue weighted by Gasteiger charge is -2.30. The molecule has 1 aliphatic rings. The molecule has 21 heavy (non-hydrogen) atoms. The molecule has 0 radical (unpaired) electrons. The number of benzene rings is 1. The molecule has 0 fully saturated rings. The van der Waals surface area contributed by atoms with Gasteiger partial charge in [0.2, 0.25) is 0 Å². The van der Waals surface area contributed by atoms with Crippen molar-refractivity contribution < 1.29 is 0 Å². The number of rotatable bonds is 4. The zero-order valence-electron chi connectivity index (χ0n) is 12.2. The van der Waals surface area contributed by atoms with Crippen molar-refractivity contribution in [2.75, 3.05) is 18.0 Å². The minimum Gasteiger partial charge on any atom is -0.366 e. The largest absolute Gasteiger partial charge is 0.366 e. The first-order valence-electron chi connectivity index (χ1n) is 7.35. The molecule has 1 aromatic carbocycles. The third-order valence-electron chi connectivity index (χ3n) is 3.91. The Morgan fingerprint density at radius 3 is 3.10 bits per heavy atom. The van der Waals surface area contributed by atoms with Crippen molar-refractivity contribution in [1.29, 1.82) is 5.26 Å². The van der Waals surface area contributed by atoms with Gasteiger partial charge in [-0.15, -0.1) is 11.3 Å². The molecule has 3 nitrogen and oxygen atoms in total. The van der Waals surface area contributed by atoms with Crippen LogP contribution in [0.3, 0.4) is 0 Å². The van der Waals surface area contributed by atoms with Crippen LogP contribution < -0.4 is 10.2 Å².